The fraction of sp³-hybridized carbons (Fsp3) is 0.300. The topological polar surface area (TPSA) is 78.5 Å². The summed E-state index contributed by atoms with van der Waals surface area (Å²) < 4.78 is 27.9. The van der Waals surface area contributed by atoms with E-state index in [0.717, 1.165) is 28.4 Å². The summed E-state index contributed by atoms with van der Waals surface area (Å²) in [5.41, 5.74) is 2.22. The first-order chi connectivity index (χ1) is 13.8. The number of amides is 1. The van der Waals surface area contributed by atoms with Gasteiger partial charge in [-0.3, -0.25) is 10.1 Å². The summed E-state index contributed by atoms with van der Waals surface area (Å²) in [6.07, 6.45) is 2.86. The Bertz CT molecular complexity index is 1020. The molecule has 2 aromatic rings. The molecule has 0 saturated carbocycles. The highest BCUT2D eigenvalue weighted by atomic mass is 127. The summed E-state index contributed by atoms with van der Waals surface area (Å²) in [5, 5.41) is 5.71. The lowest BCUT2D eigenvalue weighted by atomic mass is 10.1. The molecular formula is C20H22IN3O3S2. The predicted molar refractivity (Wildman–Crippen MR) is 127 cm³/mol. The number of benzene rings is 2. The van der Waals surface area contributed by atoms with Crippen LogP contribution in [0.25, 0.3) is 0 Å². The van der Waals surface area contributed by atoms with Crippen molar-refractivity contribution in [2.75, 3.05) is 18.4 Å². The van der Waals surface area contributed by atoms with Crippen molar-refractivity contribution in [2.24, 2.45) is 0 Å². The van der Waals surface area contributed by atoms with Gasteiger partial charge in [0.05, 0.1) is 4.90 Å². The number of halogens is 1. The van der Waals surface area contributed by atoms with Crippen LogP contribution in [0.1, 0.15) is 35.2 Å². The smallest absolute Gasteiger partial charge is 0.257 e. The maximum atomic E-state index is 12.7. The van der Waals surface area contributed by atoms with Crippen molar-refractivity contribution in [3.63, 3.8) is 0 Å². The molecule has 2 N–H and O–H groups in total. The third kappa shape index (κ3) is 5.53. The molecule has 154 valence electrons. The summed E-state index contributed by atoms with van der Waals surface area (Å²) in [6, 6.07) is 11.8. The fourth-order valence-electron chi connectivity index (χ4n) is 3.04. The van der Waals surface area contributed by atoms with Crippen molar-refractivity contribution in [1.82, 2.24) is 9.62 Å². The summed E-state index contributed by atoms with van der Waals surface area (Å²) in [6.45, 7) is 3.11. The lowest BCUT2D eigenvalue weighted by molar-refractivity contribution is 0.0977. The number of carbonyl (C=O) groups excluding carboxylic acids is 1. The number of carbonyl (C=O) groups is 1. The van der Waals surface area contributed by atoms with Crippen molar-refractivity contribution in [3.8, 4) is 0 Å². The molecule has 1 amide bonds. The molecule has 1 aliphatic rings. The molecule has 0 atom stereocenters. The van der Waals surface area contributed by atoms with Gasteiger partial charge in [-0.05, 0) is 96.5 Å². The Hall–Kier alpha value is -1.56. The van der Waals surface area contributed by atoms with Gasteiger partial charge in [0.1, 0.15) is 0 Å². The first-order valence-corrected chi connectivity index (χ1v) is 12.2. The molecule has 0 aliphatic carbocycles. The van der Waals surface area contributed by atoms with E-state index in [-0.39, 0.29) is 15.9 Å². The van der Waals surface area contributed by atoms with Crippen LogP contribution in [0.4, 0.5) is 5.69 Å². The fourth-order valence-corrected chi connectivity index (χ4v) is 5.28. The maximum Gasteiger partial charge on any atom is 0.257 e. The lowest BCUT2D eigenvalue weighted by Gasteiger charge is -2.25. The lowest BCUT2D eigenvalue weighted by Crippen LogP contribution is -2.35. The molecule has 1 saturated heterocycles. The van der Waals surface area contributed by atoms with E-state index in [4.69, 9.17) is 12.2 Å². The van der Waals surface area contributed by atoms with Crippen LogP contribution in [-0.4, -0.2) is 36.8 Å². The molecule has 29 heavy (non-hydrogen) atoms. The first-order valence-electron chi connectivity index (χ1n) is 9.26. The molecule has 1 aliphatic heterocycles. The van der Waals surface area contributed by atoms with Crippen molar-refractivity contribution in [3.05, 3.63) is 57.2 Å². The van der Waals surface area contributed by atoms with E-state index in [1.54, 1.807) is 36.4 Å². The summed E-state index contributed by atoms with van der Waals surface area (Å²) in [4.78, 5) is 12.6. The van der Waals surface area contributed by atoms with Gasteiger partial charge in [-0.2, -0.15) is 4.31 Å². The van der Waals surface area contributed by atoms with E-state index >= 15 is 0 Å². The number of sulfonamides is 1. The van der Waals surface area contributed by atoms with Gasteiger partial charge in [0.25, 0.3) is 5.91 Å². The molecule has 1 heterocycles. The van der Waals surface area contributed by atoms with Crippen LogP contribution < -0.4 is 10.6 Å². The average Bonchev–Trinajstić information content (AvgIpc) is 2.71. The van der Waals surface area contributed by atoms with Gasteiger partial charge in [0, 0.05) is 27.9 Å². The highest BCUT2D eigenvalue weighted by molar-refractivity contribution is 14.1. The molecule has 1 fully saturated rings. The Kier molecular flexibility index (Phi) is 7.25. The Morgan fingerprint density at radius 1 is 1.07 bits per heavy atom. The Morgan fingerprint density at radius 2 is 1.72 bits per heavy atom. The van der Waals surface area contributed by atoms with E-state index in [9.17, 15) is 13.2 Å². The average molecular weight is 543 g/mol. The molecule has 0 bridgehead atoms. The van der Waals surface area contributed by atoms with Gasteiger partial charge in [0.2, 0.25) is 10.0 Å². The van der Waals surface area contributed by atoms with Gasteiger partial charge >= 0.3 is 0 Å². The number of anilines is 1. The van der Waals surface area contributed by atoms with Crippen molar-refractivity contribution in [2.45, 2.75) is 31.1 Å². The molecule has 2 aromatic carbocycles. The third-order valence-corrected chi connectivity index (χ3v) is 8.01. The van der Waals surface area contributed by atoms with E-state index in [1.807, 2.05) is 13.0 Å². The van der Waals surface area contributed by atoms with Crippen molar-refractivity contribution < 1.29 is 13.2 Å². The minimum absolute atomic E-state index is 0.150. The number of nitrogens with zero attached hydrogens (tertiary/aromatic N) is 1. The van der Waals surface area contributed by atoms with Gasteiger partial charge in [0.15, 0.2) is 5.11 Å². The largest absolute Gasteiger partial charge is 0.332 e. The number of nitrogens with one attached hydrogen (secondary N) is 2. The Balaban J connectivity index is 1.62. The van der Waals surface area contributed by atoms with E-state index < -0.39 is 10.0 Å². The number of aryl methyl sites for hydroxylation is 1. The minimum Gasteiger partial charge on any atom is -0.332 e. The highest BCUT2D eigenvalue weighted by Crippen LogP contribution is 2.22. The molecule has 0 unspecified atom stereocenters. The van der Waals surface area contributed by atoms with Gasteiger partial charge in [-0.25, -0.2) is 8.42 Å². The minimum atomic E-state index is -3.47. The van der Waals surface area contributed by atoms with Gasteiger partial charge in [-0.15, -0.1) is 0 Å². The highest BCUT2D eigenvalue weighted by Gasteiger charge is 2.25. The first kappa shape index (κ1) is 22.1. The summed E-state index contributed by atoms with van der Waals surface area (Å²) in [5.74, 6) is -0.301. The summed E-state index contributed by atoms with van der Waals surface area (Å²) >= 11 is 7.39. The second-order valence-electron chi connectivity index (χ2n) is 6.86. The Morgan fingerprint density at radius 3 is 2.34 bits per heavy atom. The molecule has 3 rings (SSSR count). The quantitative estimate of drug-likeness (QED) is 0.452. The van der Waals surface area contributed by atoms with Crippen LogP contribution in [0, 0.1) is 10.5 Å². The van der Waals surface area contributed by atoms with E-state index in [0.29, 0.717) is 24.3 Å². The molecular weight excluding hydrogens is 521 g/mol. The predicted octanol–water partition coefficient (Wildman–Crippen LogP) is 3.90. The zero-order chi connectivity index (χ0) is 21.0. The van der Waals surface area contributed by atoms with Crippen LogP contribution >= 0.6 is 34.8 Å². The SMILES string of the molecule is Cc1ccc(C(=O)NC(=S)Nc2ccc(S(=O)(=O)N3CCCCC3)cc2)cc1I. The number of piperidine rings is 1. The monoisotopic (exact) mass is 543 g/mol. The third-order valence-electron chi connectivity index (χ3n) is 4.73. The number of hydrogen-bond donors (Lipinski definition) is 2. The van der Waals surface area contributed by atoms with Crippen molar-refractivity contribution >= 4 is 61.5 Å². The molecule has 6 nitrogen and oxygen atoms in total. The molecule has 0 spiro atoms. The van der Waals surface area contributed by atoms with Gasteiger partial charge < -0.3 is 5.32 Å². The Labute approximate surface area is 190 Å². The second kappa shape index (κ2) is 9.50. The van der Waals surface area contributed by atoms with Crippen LogP contribution in [0.3, 0.4) is 0 Å². The second-order valence-corrected chi connectivity index (χ2v) is 10.4. The maximum absolute atomic E-state index is 12.7. The molecule has 0 aromatic heterocycles. The zero-order valence-electron chi connectivity index (χ0n) is 15.9. The zero-order valence-corrected chi connectivity index (χ0v) is 19.7. The number of rotatable bonds is 4. The van der Waals surface area contributed by atoms with Crippen LogP contribution in [-0.2, 0) is 10.0 Å². The molecule has 0 radical (unpaired) electrons. The molecule has 9 heteroatoms. The van der Waals surface area contributed by atoms with Crippen molar-refractivity contribution in [1.29, 1.82) is 0 Å². The van der Waals surface area contributed by atoms with E-state index in [2.05, 4.69) is 33.2 Å². The normalized spacial score (nSPS) is 15.0. The summed E-state index contributed by atoms with van der Waals surface area (Å²) in [7, 11) is -3.47. The van der Waals surface area contributed by atoms with Crippen LogP contribution in [0.15, 0.2) is 47.4 Å². The number of thiocarbonyl (C=S) groups is 1. The standard InChI is InChI=1S/C20H22IN3O3S2/c1-14-5-6-15(13-18(14)21)19(25)23-20(28)22-16-7-9-17(10-8-16)29(26,27)24-11-3-2-4-12-24/h5-10,13H,2-4,11-12H2,1H3,(H2,22,23,25,28). The number of hydrogen-bond acceptors (Lipinski definition) is 4. The van der Waals surface area contributed by atoms with Crippen LogP contribution in [0.5, 0.6) is 0 Å². The van der Waals surface area contributed by atoms with E-state index in [1.165, 1.54) is 4.31 Å². The van der Waals surface area contributed by atoms with Gasteiger partial charge in [-0.1, -0.05) is 12.5 Å². The van der Waals surface area contributed by atoms with Crippen LogP contribution in [0.2, 0.25) is 0 Å².